The number of benzene rings is 1. The highest BCUT2D eigenvalue weighted by atomic mass is 16.3. The second kappa shape index (κ2) is 6.54. The van der Waals surface area contributed by atoms with Gasteiger partial charge in [0, 0.05) is 11.1 Å². The molecule has 0 aliphatic carbocycles. The number of rotatable bonds is 5. The van der Waals surface area contributed by atoms with E-state index in [-0.39, 0.29) is 24.2 Å². The summed E-state index contributed by atoms with van der Waals surface area (Å²) < 4.78 is 0. The predicted molar refractivity (Wildman–Crippen MR) is 84.0 cm³/mol. The Kier molecular flexibility index (Phi) is 4.75. The van der Waals surface area contributed by atoms with Crippen molar-refractivity contribution in [3.63, 3.8) is 0 Å². The van der Waals surface area contributed by atoms with Gasteiger partial charge in [0.1, 0.15) is 5.69 Å². The Morgan fingerprint density at radius 1 is 1.38 bits per heavy atom. The fourth-order valence-corrected chi connectivity index (χ4v) is 2.33. The number of amides is 1. The monoisotopic (exact) mass is 287 g/mol. The first-order valence-corrected chi connectivity index (χ1v) is 7.08. The van der Waals surface area contributed by atoms with E-state index in [0.717, 1.165) is 5.39 Å². The third-order valence-corrected chi connectivity index (χ3v) is 3.29. The van der Waals surface area contributed by atoms with E-state index in [0.29, 0.717) is 23.5 Å². The molecule has 4 N–H and O–H groups in total. The highest BCUT2D eigenvalue weighted by Crippen LogP contribution is 2.20. The van der Waals surface area contributed by atoms with Gasteiger partial charge in [0.2, 0.25) is 0 Å². The number of carbonyl (C=O) groups is 1. The number of pyridine rings is 1. The highest BCUT2D eigenvalue weighted by molar-refractivity contribution is 5.99. The van der Waals surface area contributed by atoms with Gasteiger partial charge in [0.15, 0.2) is 0 Å². The van der Waals surface area contributed by atoms with E-state index in [4.69, 9.17) is 5.73 Å². The first-order valence-electron chi connectivity index (χ1n) is 7.08. The molecule has 5 heteroatoms. The number of nitrogens with zero attached hydrogens (tertiary/aromatic N) is 1. The summed E-state index contributed by atoms with van der Waals surface area (Å²) in [5.41, 5.74) is 7.45. The molecule has 1 aromatic heterocycles. The Morgan fingerprint density at radius 3 is 2.76 bits per heavy atom. The van der Waals surface area contributed by atoms with Gasteiger partial charge >= 0.3 is 0 Å². The number of nitrogen functional groups attached to an aromatic ring is 1. The zero-order valence-electron chi connectivity index (χ0n) is 12.3. The minimum atomic E-state index is -0.313. The van der Waals surface area contributed by atoms with Crippen LogP contribution in [-0.4, -0.2) is 28.6 Å². The van der Waals surface area contributed by atoms with Crippen molar-refractivity contribution in [3.05, 3.63) is 36.0 Å². The highest BCUT2D eigenvalue weighted by Gasteiger charge is 2.16. The van der Waals surface area contributed by atoms with Crippen LogP contribution in [0.1, 0.15) is 30.8 Å². The number of aromatic nitrogens is 1. The second-order valence-electron chi connectivity index (χ2n) is 5.60. The molecular weight excluding hydrogens is 266 g/mol. The summed E-state index contributed by atoms with van der Waals surface area (Å²) in [5, 5.41) is 13.0. The average Bonchev–Trinajstić information content (AvgIpc) is 2.46. The summed E-state index contributed by atoms with van der Waals surface area (Å²) >= 11 is 0. The number of nitrogens with two attached hydrogens (primary N) is 1. The quantitative estimate of drug-likeness (QED) is 0.784. The fraction of sp³-hybridized carbons (Fsp3) is 0.375. The molecule has 21 heavy (non-hydrogen) atoms. The van der Waals surface area contributed by atoms with Gasteiger partial charge in [-0.1, -0.05) is 32.0 Å². The molecule has 2 aromatic rings. The fourth-order valence-electron chi connectivity index (χ4n) is 2.33. The lowest BCUT2D eigenvalue weighted by Crippen LogP contribution is -2.38. The molecule has 0 spiro atoms. The van der Waals surface area contributed by atoms with Gasteiger partial charge in [0.05, 0.1) is 18.2 Å². The molecule has 112 valence electrons. The summed E-state index contributed by atoms with van der Waals surface area (Å²) in [5.74, 6) is 0.0734. The molecule has 0 aliphatic heterocycles. The number of hydrogen-bond acceptors (Lipinski definition) is 4. The zero-order valence-corrected chi connectivity index (χ0v) is 12.3. The van der Waals surface area contributed by atoms with Crippen molar-refractivity contribution in [3.8, 4) is 0 Å². The Bertz CT molecular complexity index is 640. The van der Waals surface area contributed by atoms with Gasteiger partial charge < -0.3 is 16.2 Å². The summed E-state index contributed by atoms with van der Waals surface area (Å²) in [6, 6.07) is 8.72. The van der Waals surface area contributed by atoms with Crippen molar-refractivity contribution >= 4 is 22.5 Å². The van der Waals surface area contributed by atoms with Crippen molar-refractivity contribution in [1.82, 2.24) is 10.3 Å². The molecule has 0 saturated heterocycles. The van der Waals surface area contributed by atoms with Crippen molar-refractivity contribution in [2.45, 2.75) is 26.3 Å². The van der Waals surface area contributed by atoms with E-state index >= 15 is 0 Å². The van der Waals surface area contributed by atoms with E-state index in [1.54, 1.807) is 6.07 Å². The molecule has 0 saturated carbocycles. The van der Waals surface area contributed by atoms with E-state index in [2.05, 4.69) is 10.3 Å². The van der Waals surface area contributed by atoms with Crippen LogP contribution >= 0.6 is 0 Å². The normalized spacial score (nSPS) is 12.6. The van der Waals surface area contributed by atoms with E-state index < -0.39 is 0 Å². The topological polar surface area (TPSA) is 88.2 Å². The lowest BCUT2D eigenvalue weighted by molar-refractivity contribution is 0.0903. The van der Waals surface area contributed by atoms with Gasteiger partial charge in [-0.3, -0.25) is 4.79 Å². The number of aliphatic hydroxyl groups is 1. The zero-order chi connectivity index (χ0) is 15.4. The van der Waals surface area contributed by atoms with Crippen molar-refractivity contribution < 1.29 is 9.90 Å². The maximum Gasteiger partial charge on any atom is 0.270 e. The van der Waals surface area contributed by atoms with Crippen molar-refractivity contribution in [2.75, 3.05) is 12.3 Å². The van der Waals surface area contributed by atoms with Crippen LogP contribution < -0.4 is 11.1 Å². The number of fused-ring (bicyclic) bond motifs is 1. The number of anilines is 1. The number of aliphatic hydroxyl groups excluding tert-OH is 1. The smallest absolute Gasteiger partial charge is 0.270 e. The molecule has 1 amide bonds. The molecule has 0 bridgehead atoms. The number of nitrogens with one attached hydrogen (secondary N) is 1. The van der Waals surface area contributed by atoms with Crippen LogP contribution in [-0.2, 0) is 0 Å². The molecule has 5 nitrogen and oxygen atoms in total. The third-order valence-electron chi connectivity index (χ3n) is 3.29. The van der Waals surface area contributed by atoms with Crippen LogP contribution in [0.2, 0.25) is 0 Å². The molecule has 2 rings (SSSR count). The van der Waals surface area contributed by atoms with Crippen LogP contribution in [0, 0.1) is 5.92 Å². The largest absolute Gasteiger partial charge is 0.398 e. The van der Waals surface area contributed by atoms with Crippen LogP contribution in [0.25, 0.3) is 10.9 Å². The Morgan fingerprint density at radius 2 is 2.10 bits per heavy atom. The van der Waals surface area contributed by atoms with Crippen LogP contribution in [0.4, 0.5) is 5.69 Å². The predicted octanol–water partition coefficient (Wildman–Crippen LogP) is 1.95. The molecule has 1 aromatic carbocycles. The first-order chi connectivity index (χ1) is 10.0. The van der Waals surface area contributed by atoms with E-state index in [1.807, 2.05) is 38.1 Å². The SMILES string of the molecule is CC(C)CC(CO)NC(=O)c1cc(N)c2ccccc2n1. The Labute approximate surface area is 124 Å². The molecular formula is C16H21N3O2. The van der Waals surface area contributed by atoms with Crippen LogP contribution in [0.3, 0.4) is 0 Å². The van der Waals surface area contributed by atoms with Gasteiger partial charge in [-0.2, -0.15) is 0 Å². The molecule has 1 heterocycles. The Hall–Kier alpha value is -2.14. The summed E-state index contributed by atoms with van der Waals surface area (Å²) in [4.78, 5) is 16.6. The minimum absolute atomic E-state index is 0.0903. The lowest BCUT2D eigenvalue weighted by Gasteiger charge is -2.18. The summed E-state index contributed by atoms with van der Waals surface area (Å²) in [6.07, 6.45) is 0.714. The van der Waals surface area contributed by atoms with Gasteiger partial charge in [-0.25, -0.2) is 4.98 Å². The number of carbonyl (C=O) groups excluding carboxylic acids is 1. The maximum absolute atomic E-state index is 12.3. The van der Waals surface area contributed by atoms with Gasteiger partial charge in [-0.05, 0) is 24.5 Å². The lowest BCUT2D eigenvalue weighted by atomic mass is 10.0. The summed E-state index contributed by atoms with van der Waals surface area (Å²) in [7, 11) is 0. The molecule has 0 radical (unpaired) electrons. The number of hydrogen-bond donors (Lipinski definition) is 3. The maximum atomic E-state index is 12.3. The third kappa shape index (κ3) is 3.70. The van der Waals surface area contributed by atoms with Crippen molar-refractivity contribution in [1.29, 1.82) is 0 Å². The second-order valence-corrected chi connectivity index (χ2v) is 5.60. The summed E-state index contributed by atoms with van der Waals surface area (Å²) in [6.45, 7) is 4.00. The molecule has 0 aliphatic rings. The van der Waals surface area contributed by atoms with Gasteiger partial charge in [-0.15, -0.1) is 0 Å². The Balaban J connectivity index is 2.23. The minimum Gasteiger partial charge on any atom is -0.398 e. The average molecular weight is 287 g/mol. The molecule has 1 atom stereocenters. The van der Waals surface area contributed by atoms with E-state index in [9.17, 15) is 9.90 Å². The van der Waals surface area contributed by atoms with E-state index in [1.165, 1.54) is 0 Å². The number of para-hydroxylation sites is 1. The first kappa shape index (κ1) is 15.3. The standard InChI is InChI=1S/C16H21N3O2/c1-10(2)7-11(9-20)18-16(21)15-8-13(17)12-5-3-4-6-14(12)19-15/h3-6,8,10-11,20H,7,9H2,1-2H3,(H2,17,19)(H,18,21). The van der Waals surface area contributed by atoms with Crippen LogP contribution in [0.5, 0.6) is 0 Å². The van der Waals surface area contributed by atoms with Crippen LogP contribution in [0.15, 0.2) is 30.3 Å². The van der Waals surface area contributed by atoms with Gasteiger partial charge in [0.25, 0.3) is 5.91 Å². The molecule has 0 fully saturated rings. The molecule has 1 unspecified atom stereocenters. The van der Waals surface area contributed by atoms with Crippen molar-refractivity contribution in [2.24, 2.45) is 5.92 Å².